The Labute approximate surface area is 187 Å². The van der Waals surface area contributed by atoms with Crippen molar-refractivity contribution in [3.8, 4) is 0 Å². The average Bonchev–Trinajstić information content (AvgIpc) is 3.13. The van der Waals surface area contributed by atoms with Crippen molar-refractivity contribution in [2.24, 2.45) is 0 Å². The number of anilines is 2. The van der Waals surface area contributed by atoms with E-state index in [1.54, 1.807) is 36.4 Å². The normalized spacial score (nSPS) is 12.4. The summed E-state index contributed by atoms with van der Waals surface area (Å²) in [5.41, 5.74) is 3.52. The Balaban J connectivity index is 1.52. The molecule has 1 amide bonds. The molecule has 1 heterocycles. The summed E-state index contributed by atoms with van der Waals surface area (Å²) in [5.74, 6) is -0.748. The van der Waals surface area contributed by atoms with Crippen LogP contribution in [0, 0.1) is 0 Å². The van der Waals surface area contributed by atoms with Crippen LogP contribution in [0.25, 0.3) is 11.0 Å². The summed E-state index contributed by atoms with van der Waals surface area (Å²) in [5, 5.41) is 6.85. The first-order chi connectivity index (χ1) is 15.3. The highest BCUT2D eigenvalue weighted by molar-refractivity contribution is 7.89. The number of para-hydroxylation sites is 1. The number of benzene rings is 3. The van der Waals surface area contributed by atoms with E-state index in [1.165, 1.54) is 5.56 Å². The lowest BCUT2D eigenvalue weighted by molar-refractivity contribution is 0.0998. The van der Waals surface area contributed by atoms with Crippen molar-refractivity contribution >= 4 is 38.1 Å². The largest absolute Gasteiger partial charge is 0.451 e. The van der Waals surface area contributed by atoms with Gasteiger partial charge in [0.1, 0.15) is 5.58 Å². The van der Waals surface area contributed by atoms with E-state index < -0.39 is 15.7 Å². The Morgan fingerprint density at radius 3 is 2.22 bits per heavy atom. The maximum Gasteiger partial charge on any atom is 0.291 e. The number of hydrogen-bond acceptors (Lipinski definition) is 5. The third-order valence-electron chi connectivity index (χ3n) is 5.14. The van der Waals surface area contributed by atoms with Gasteiger partial charge in [0.05, 0.1) is 5.75 Å². The number of fused-ring (bicyclic) bond motifs is 1. The molecule has 1 atom stereocenters. The Kier molecular flexibility index (Phi) is 6.01. The maximum absolute atomic E-state index is 12.9. The lowest BCUT2D eigenvalue weighted by Gasteiger charge is -2.16. The molecule has 0 bridgehead atoms. The third kappa shape index (κ3) is 5.00. The van der Waals surface area contributed by atoms with E-state index in [2.05, 4.69) is 29.7 Å². The van der Waals surface area contributed by atoms with E-state index in [4.69, 9.17) is 4.42 Å². The van der Waals surface area contributed by atoms with E-state index in [9.17, 15) is 13.2 Å². The number of carbonyl (C=O) groups excluding carboxylic acids is 1. The van der Waals surface area contributed by atoms with E-state index in [1.807, 2.05) is 30.3 Å². The van der Waals surface area contributed by atoms with Crippen LogP contribution in [0.2, 0.25) is 0 Å². The molecule has 164 valence electrons. The molecule has 1 unspecified atom stereocenters. The molecule has 0 fully saturated rings. The lowest BCUT2D eigenvalue weighted by Crippen LogP contribution is -2.14. The summed E-state index contributed by atoms with van der Waals surface area (Å²) >= 11 is 0. The molecule has 0 aliphatic carbocycles. The zero-order valence-electron chi connectivity index (χ0n) is 17.8. The van der Waals surface area contributed by atoms with Crippen LogP contribution in [0.15, 0.2) is 83.3 Å². The fourth-order valence-corrected chi connectivity index (χ4v) is 4.41. The number of rotatable bonds is 7. The Morgan fingerprint density at radius 1 is 0.906 bits per heavy atom. The predicted octanol–water partition coefficient (Wildman–Crippen LogP) is 5.40. The van der Waals surface area contributed by atoms with Crippen molar-refractivity contribution in [1.82, 2.24) is 0 Å². The van der Waals surface area contributed by atoms with Gasteiger partial charge < -0.3 is 15.1 Å². The molecule has 4 rings (SSSR count). The molecule has 0 radical (unpaired) electrons. The van der Waals surface area contributed by atoms with E-state index in [0.29, 0.717) is 22.2 Å². The van der Waals surface area contributed by atoms with Gasteiger partial charge in [-0.2, -0.15) is 0 Å². The second-order valence-corrected chi connectivity index (χ2v) is 9.92. The van der Waals surface area contributed by atoms with Crippen molar-refractivity contribution in [3.05, 3.63) is 95.7 Å². The summed E-state index contributed by atoms with van der Waals surface area (Å²) in [7, 11) is -3.36. The molecule has 6 nitrogen and oxygen atoms in total. The zero-order chi connectivity index (χ0) is 22.7. The molecule has 0 aliphatic heterocycles. The summed E-state index contributed by atoms with van der Waals surface area (Å²) in [6.07, 6.45) is 1.14. The summed E-state index contributed by atoms with van der Waals surface area (Å²) in [4.78, 5) is 12.9. The summed E-state index contributed by atoms with van der Waals surface area (Å²) in [6.45, 7) is 2.08. The van der Waals surface area contributed by atoms with Crippen molar-refractivity contribution in [2.75, 3.05) is 16.9 Å². The third-order valence-corrected chi connectivity index (χ3v) is 5.95. The highest BCUT2D eigenvalue weighted by Crippen LogP contribution is 2.28. The summed E-state index contributed by atoms with van der Waals surface area (Å²) in [6, 6.07) is 24.6. The minimum atomic E-state index is -3.36. The average molecular weight is 449 g/mol. The quantitative estimate of drug-likeness (QED) is 0.395. The first kappa shape index (κ1) is 21.6. The van der Waals surface area contributed by atoms with Crippen molar-refractivity contribution in [1.29, 1.82) is 0 Å². The molecule has 0 saturated carbocycles. The minimum absolute atomic E-state index is 0.0107. The smallest absolute Gasteiger partial charge is 0.291 e. The monoisotopic (exact) mass is 448 g/mol. The van der Waals surface area contributed by atoms with Crippen LogP contribution in [0.4, 0.5) is 11.4 Å². The molecule has 4 aromatic rings. The molecule has 0 spiro atoms. The standard InChI is InChI=1S/C25H24N2O4S/c1-17(18-8-4-3-5-9-18)26-19-12-14-20(15-13-19)27-25(28)24-22(16-32(2,29)30)21-10-6-7-11-23(21)31-24/h3-15,17,26H,16H2,1-2H3,(H,27,28). The predicted molar refractivity (Wildman–Crippen MR) is 128 cm³/mol. The Morgan fingerprint density at radius 2 is 1.53 bits per heavy atom. The van der Waals surface area contributed by atoms with E-state index in [0.717, 1.165) is 11.9 Å². The number of furan rings is 1. The number of carbonyl (C=O) groups is 1. The van der Waals surface area contributed by atoms with Crippen molar-refractivity contribution in [3.63, 3.8) is 0 Å². The first-order valence-corrected chi connectivity index (χ1v) is 12.3. The fraction of sp³-hybridized carbons (Fsp3) is 0.160. The molecule has 7 heteroatoms. The van der Waals surface area contributed by atoms with Gasteiger partial charge in [-0.25, -0.2) is 8.42 Å². The van der Waals surface area contributed by atoms with Gasteiger partial charge in [-0.1, -0.05) is 48.5 Å². The maximum atomic E-state index is 12.9. The van der Waals surface area contributed by atoms with Crippen molar-refractivity contribution in [2.45, 2.75) is 18.7 Å². The molecule has 32 heavy (non-hydrogen) atoms. The van der Waals surface area contributed by atoms with Gasteiger partial charge in [-0.05, 0) is 42.8 Å². The van der Waals surface area contributed by atoms with Crippen LogP contribution < -0.4 is 10.6 Å². The first-order valence-electron chi connectivity index (χ1n) is 10.2. The number of nitrogens with one attached hydrogen (secondary N) is 2. The molecule has 0 saturated heterocycles. The van der Waals surface area contributed by atoms with Crippen LogP contribution in [0.1, 0.15) is 34.6 Å². The molecular weight excluding hydrogens is 424 g/mol. The SMILES string of the molecule is CC(Nc1ccc(NC(=O)c2oc3ccccc3c2CS(C)(=O)=O)cc1)c1ccccc1. The van der Waals surface area contributed by atoms with Gasteiger partial charge in [0.15, 0.2) is 15.6 Å². The van der Waals surface area contributed by atoms with Crippen molar-refractivity contribution < 1.29 is 17.6 Å². The van der Waals surface area contributed by atoms with Crippen LogP contribution in [-0.4, -0.2) is 20.6 Å². The second-order valence-electron chi connectivity index (χ2n) is 7.78. The highest BCUT2D eigenvalue weighted by atomic mass is 32.2. The van der Waals surface area contributed by atoms with Gasteiger partial charge in [0.2, 0.25) is 0 Å². The van der Waals surface area contributed by atoms with Crippen LogP contribution in [0.3, 0.4) is 0 Å². The molecule has 2 N–H and O–H groups in total. The van der Waals surface area contributed by atoms with E-state index in [-0.39, 0.29) is 17.6 Å². The van der Waals surface area contributed by atoms with Gasteiger partial charge in [-0.15, -0.1) is 0 Å². The van der Waals surface area contributed by atoms with Crippen LogP contribution in [-0.2, 0) is 15.6 Å². The topological polar surface area (TPSA) is 88.4 Å². The second kappa shape index (κ2) is 8.88. The Bertz CT molecular complexity index is 1340. The van der Waals surface area contributed by atoms with Crippen LogP contribution >= 0.6 is 0 Å². The highest BCUT2D eigenvalue weighted by Gasteiger charge is 2.23. The molecule has 1 aromatic heterocycles. The lowest BCUT2D eigenvalue weighted by atomic mass is 10.1. The molecular formula is C25H24N2O4S. The van der Waals surface area contributed by atoms with Gasteiger partial charge >= 0.3 is 0 Å². The molecule has 0 aliphatic rings. The minimum Gasteiger partial charge on any atom is -0.451 e. The van der Waals surface area contributed by atoms with Gasteiger partial charge in [0, 0.05) is 34.6 Å². The zero-order valence-corrected chi connectivity index (χ0v) is 18.6. The fourth-order valence-electron chi connectivity index (χ4n) is 3.60. The van der Waals surface area contributed by atoms with E-state index >= 15 is 0 Å². The van der Waals surface area contributed by atoms with Gasteiger partial charge in [-0.3, -0.25) is 4.79 Å². The Hall–Kier alpha value is -3.58. The van der Waals surface area contributed by atoms with Crippen LogP contribution in [0.5, 0.6) is 0 Å². The molecule has 3 aromatic carbocycles. The number of amides is 1. The summed E-state index contributed by atoms with van der Waals surface area (Å²) < 4.78 is 29.6. The number of hydrogen-bond donors (Lipinski definition) is 2. The van der Waals surface area contributed by atoms with Gasteiger partial charge in [0.25, 0.3) is 5.91 Å². The number of sulfone groups is 1.